The molecular weight excluding hydrogens is 379 g/mol. The van der Waals surface area contributed by atoms with Crippen LogP contribution in [0.15, 0.2) is 55.0 Å². The van der Waals surface area contributed by atoms with Crippen molar-refractivity contribution < 1.29 is 9.18 Å². The molecule has 152 valence electrons. The molecule has 1 aliphatic heterocycles. The summed E-state index contributed by atoms with van der Waals surface area (Å²) in [6, 6.07) is 9.73. The molecule has 5 rings (SSSR count). The molecule has 2 aliphatic rings. The number of piperidine rings is 1. The fourth-order valence-corrected chi connectivity index (χ4v) is 4.17. The van der Waals surface area contributed by atoms with Crippen molar-refractivity contribution in [3.05, 3.63) is 77.9 Å². The average Bonchev–Trinajstić information content (AvgIpc) is 3.65. The van der Waals surface area contributed by atoms with Gasteiger partial charge >= 0.3 is 0 Å². The molecule has 0 N–H and O–H groups in total. The van der Waals surface area contributed by atoms with Crippen LogP contribution in [0.25, 0.3) is 11.1 Å². The van der Waals surface area contributed by atoms with Crippen LogP contribution in [0.5, 0.6) is 0 Å². The molecule has 1 unspecified atom stereocenters. The molecule has 2 fully saturated rings. The van der Waals surface area contributed by atoms with Crippen LogP contribution in [0, 0.1) is 5.82 Å². The number of pyridine rings is 1. The van der Waals surface area contributed by atoms with Crippen LogP contribution >= 0.6 is 0 Å². The largest absolute Gasteiger partial charge is 0.338 e. The van der Waals surface area contributed by atoms with Gasteiger partial charge in [-0.2, -0.15) is 0 Å². The predicted octanol–water partition coefficient (Wildman–Crippen LogP) is 4.57. The Kier molecular flexibility index (Phi) is 4.99. The third-order valence-corrected chi connectivity index (χ3v) is 5.96. The maximum Gasteiger partial charge on any atom is 0.253 e. The van der Waals surface area contributed by atoms with Crippen molar-refractivity contribution in [3.63, 3.8) is 0 Å². The van der Waals surface area contributed by atoms with Gasteiger partial charge in [0.15, 0.2) is 0 Å². The second-order valence-corrected chi connectivity index (χ2v) is 8.13. The van der Waals surface area contributed by atoms with Crippen LogP contribution in [-0.2, 0) is 0 Å². The first-order valence-corrected chi connectivity index (χ1v) is 10.5. The summed E-state index contributed by atoms with van der Waals surface area (Å²) < 4.78 is 13.2. The first kappa shape index (κ1) is 18.9. The lowest BCUT2D eigenvalue weighted by molar-refractivity contribution is 0.0706. The first-order chi connectivity index (χ1) is 14.7. The van der Waals surface area contributed by atoms with E-state index < -0.39 is 0 Å². The summed E-state index contributed by atoms with van der Waals surface area (Å²) >= 11 is 0. The van der Waals surface area contributed by atoms with Crippen molar-refractivity contribution in [2.75, 3.05) is 13.1 Å². The summed E-state index contributed by atoms with van der Waals surface area (Å²) in [5, 5.41) is 0. The minimum atomic E-state index is -0.335. The molecule has 6 heteroatoms. The molecule has 0 spiro atoms. The summed E-state index contributed by atoms with van der Waals surface area (Å²) in [7, 11) is 0. The van der Waals surface area contributed by atoms with E-state index in [0.717, 1.165) is 48.3 Å². The zero-order valence-corrected chi connectivity index (χ0v) is 16.7. The van der Waals surface area contributed by atoms with E-state index in [9.17, 15) is 9.18 Å². The highest BCUT2D eigenvalue weighted by atomic mass is 19.1. The van der Waals surface area contributed by atoms with Gasteiger partial charge in [-0.05, 0) is 67.6 Å². The lowest BCUT2D eigenvalue weighted by Crippen LogP contribution is -2.39. The number of hydrogen-bond acceptors (Lipinski definition) is 4. The number of carbonyl (C=O) groups excluding carboxylic acids is 1. The minimum absolute atomic E-state index is 0.0540. The van der Waals surface area contributed by atoms with Crippen molar-refractivity contribution in [2.24, 2.45) is 0 Å². The zero-order valence-electron chi connectivity index (χ0n) is 16.7. The van der Waals surface area contributed by atoms with E-state index in [2.05, 4.69) is 9.97 Å². The van der Waals surface area contributed by atoms with Crippen molar-refractivity contribution in [1.82, 2.24) is 19.9 Å². The molecule has 1 saturated heterocycles. The van der Waals surface area contributed by atoms with Gasteiger partial charge in [-0.25, -0.2) is 14.4 Å². The van der Waals surface area contributed by atoms with Crippen LogP contribution in [-0.4, -0.2) is 38.8 Å². The molecule has 1 saturated carbocycles. The third-order valence-electron chi connectivity index (χ3n) is 5.96. The predicted molar refractivity (Wildman–Crippen MR) is 112 cm³/mol. The van der Waals surface area contributed by atoms with E-state index in [0.29, 0.717) is 24.6 Å². The Morgan fingerprint density at radius 3 is 2.50 bits per heavy atom. The van der Waals surface area contributed by atoms with Gasteiger partial charge in [-0.15, -0.1) is 0 Å². The van der Waals surface area contributed by atoms with Crippen LogP contribution in [0.3, 0.4) is 0 Å². The Hall–Kier alpha value is -3.15. The first-order valence-electron chi connectivity index (χ1n) is 10.5. The minimum Gasteiger partial charge on any atom is -0.338 e. The van der Waals surface area contributed by atoms with Crippen molar-refractivity contribution in [2.45, 2.75) is 37.5 Å². The van der Waals surface area contributed by atoms with Gasteiger partial charge in [0, 0.05) is 54.6 Å². The highest BCUT2D eigenvalue weighted by Crippen LogP contribution is 2.40. The monoisotopic (exact) mass is 402 g/mol. The van der Waals surface area contributed by atoms with Gasteiger partial charge in [0.2, 0.25) is 0 Å². The topological polar surface area (TPSA) is 59.0 Å². The Balaban J connectivity index is 1.46. The molecule has 1 atom stereocenters. The summed E-state index contributed by atoms with van der Waals surface area (Å²) in [5.41, 5.74) is 3.61. The van der Waals surface area contributed by atoms with E-state index >= 15 is 0 Å². The number of hydrogen-bond donors (Lipinski definition) is 0. The molecular formula is C24H23FN4O. The summed E-state index contributed by atoms with van der Waals surface area (Å²) in [5.74, 6) is 1.15. The van der Waals surface area contributed by atoms with Crippen molar-refractivity contribution in [3.8, 4) is 11.1 Å². The lowest BCUT2D eigenvalue weighted by atomic mass is 9.89. The quantitative estimate of drug-likeness (QED) is 0.641. The number of rotatable bonds is 4. The van der Waals surface area contributed by atoms with Gasteiger partial charge < -0.3 is 4.90 Å². The van der Waals surface area contributed by atoms with Gasteiger partial charge in [0.25, 0.3) is 5.91 Å². The Morgan fingerprint density at radius 2 is 1.77 bits per heavy atom. The maximum atomic E-state index is 13.2. The van der Waals surface area contributed by atoms with Gasteiger partial charge in [0.1, 0.15) is 11.6 Å². The second kappa shape index (κ2) is 7.94. The van der Waals surface area contributed by atoms with Crippen LogP contribution in [0.2, 0.25) is 0 Å². The van der Waals surface area contributed by atoms with Crippen LogP contribution in [0.4, 0.5) is 4.39 Å². The highest BCUT2D eigenvalue weighted by molar-refractivity contribution is 5.94. The number of amides is 1. The fourth-order valence-electron chi connectivity index (χ4n) is 4.17. The lowest BCUT2D eigenvalue weighted by Gasteiger charge is -2.33. The van der Waals surface area contributed by atoms with E-state index in [4.69, 9.17) is 4.98 Å². The second-order valence-electron chi connectivity index (χ2n) is 8.13. The molecule has 5 nitrogen and oxygen atoms in total. The third kappa shape index (κ3) is 3.82. The number of halogens is 1. The Bertz CT molecular complexity index is 1050. The average molecular weight is 402 g/mol. The number of nitrogens with zero attached hydrogens (tertiary/aromatic N) is 4. The van der Waals surface area contributed by atoms with Crippen LogP contribution < -0.4 is 0 Å². The van der Waals surface area contributed by atoms with Gasteiger partial charge in [-0.3, -0.25) is 9.78 Å². The molecule has 3 heterocycles. The molecule has 0 radical (unpaired) electrons. The zero-order chi connectivity index (χ0) is 20.5. The standard InChI is InChI=1S/C24H23FN4O/c25-20-7-5-18(6-8-20)24(30)29-13-1-2-19(15-29)22-21(16-9-11-26-12-10-16)14-27-23(28-22)17-3-4-17/h5-12,14,17,19H,1-4,13,15H2. The van der Waals surface area contributed by atoms with E-state index in [-0.39, 0.29) is 17.6 Å². The smallest absolute Gasteiger partial charge is 0.253 e. The summed E-state index contributed by atoms with van der Waals surface area (Å²) in [4.78, 5) is 28.6. The van der Waals surface area contributed by atoms with E-state index in [1.165, 1.54) is 12.1 Å². The van der Waals surface area contributed by atoms with Crippen molar-refractivity contribution in [1.29, 1.82) is 0 Å². The normalized spacial score (nSPS) is 19.0. The SMILES string of the molecule is O=C(c1ccc(F)cc1)N1CCCC(c2nc(C3CC3)ncc2-c2ccncc2)C1. The van der Waals surface area contributed by atoms with E-state index in [1.54, 1.807) is 24.5 Å². The maximum absolute atomic E-state index is 13.2. The number of benzene rings is 1. The van der Waals surface area contributed by atoms with Gasteiger partial charge in [-0.1, -0.05) is 0 Å². The Morgan fingerprint density at radius 1 is 1.00 bits per heavy atom. The molecule has 1 aromatic carbocycles. The highest BCUT2D eigenvalue weighted by Gasteiger charge is 2.31. The Labute approximate surface area is 175 Å². The number of carbonyl (C=O) groups is 1. The molecule has 0 bridgehead atoms. The molecule has 1 aliphatic carbocycles. The van der Waals surface area contributed by atoms with Gasteiger partial charge in [0.05, 0.1) is 5.69 Å². The fraction of sp³-hybridized carbons (Fsp3) is 0.333. The molecule has 3 aromatic rings. The number of likely N-dealkylation sites (tertiary alicyclic amines) is 1. The van der Waals surface area contributed by atoms with E-state index in [1.807, 2.05) is 23.2 Å². The van der Waals surface area contributed by atoms with Crippen molar-refractivity contribution >= 4 is 5.91 Å². The molecule has 30 heavy (non-hydrogen) atoms. The number of aromatic nitrogens is 3. The van der Waals surface area contributed by atoms with Crippen LogP contribution in [0.1, 0.15) is 59.4 Å². The molecule has 2 aromatic heterocycles. The summed E-state index contributed by atoms with van der Waals surface area (Å²) in [6.07, 6.45) is 9.68. The summed E-state index contributed by atoms with van der Waals surface area (Å²) in [6.45, 7) is 1.31. The molecule has 1 amide bonds.